The van der Waals surface area contributed by atoms with Gasteiger partial charge in [0.05, 0.1) is 6.20 Å². The van der Waals surface area contributed by atoms with Gasteiger partial charge >= 0.3 is 0 Å². The summed E-state index contributed by atoms with van der Waals surface area (Å²) in [5.41, 5.74) is 1.09. The molecule has 0 fully saturated rings. The zero-order chi connectivity index (χ0) is 7.56. The van der Waals surface area contributed by atoms with Crippen LogP contribution in [0, 0.1) is 4.64 Å². The number of aromatic nitrogens is 2. The van der Waals surface area contributed by atoms with Gasteiger partial charge in [-0.05, 0) is 5.92 Å². The molecule has 0 atom stereocenters. The first-order valence-corrected chi connectivity index (χ1v) is 3.65. The highest BCUT2D eigenvalue weighted by Gasteiger charge is 1.96. The molecule has 0 aliphatic carbocycles. The Balaban J connectivity index is 3.07. The Morgan fingerprint density at radius 1 is 1.50 bits per heavy atom. The highest BCUT2D eigenvalue weighted by molar-refractivity contribution is 7.71. The molecule has 0 radical (unpaired) electrons. The molecule has 1 aromatic rings. The summed E-state index contributed by atoms with van der Waals surface area (Å²) in [5.74, 6) is 0.468. The molecule has 1 N–H and O–H groups in total. The molecule has 0 aliphatic heterocycles. The molecule has 10 heavy (non-hydrogen) atoms. The minimum absolute atomic E-state index is 0.468. The van der Waals surface area contributed by atoms with Crippen LogP contribution in [0.25, 0.3) is 0 Å². The van der Waals surface area contributed by atoms with Crippen LogP contribution in [0.15, 0.2) is 12.4 Å². The number of aromatic amines is 1. The molecule has 0 amide bonds. The molecule has 1 rings (SSSR count). The summed E-state index contributed by atoms with van der Waals surface area (Å²) in [6.45, 7) is 4.20. The van der Waals surface area contributed by atoms with Crippen LogP contribution in [-0.2, 0) is 0 Å². The summed E-state index contributed by atoms with van der Waals surface area (Å²) < 4.78 is 0.700. The van der Waals surface area contributed by atoms with E-state index in [4.69, 9.17) is 12.2 Å². The molecule has 2 nitrogen and oxygen atoms in total. The zero-order valence-electron chi connectivity index (χ0n) is 6.09. The van der Waals surface area contributed by atoms with Crippen molar-refractivity contribution in [2.24, 2.45) is 0 Å². The first-order valence-electron chi connectivity index (χ1n) is 3.24. The number of rotatable bonds is 1. The lowest BCUT2D eigenvalue weighted by Gasteiger charge is -2.02. The van der Waals surface area contributed by atoms with Gasteiger partial charge in [0.15, 0.2) is 0 Å². The van der Waals surface area contributed by atoms with Crippen molar-refractivity contribution in [3.05, 3.63) is 22.7 Å². The molecule has 3 heteroatoms. The minimum atomic E-state index is 0.468. The molecule has 0 saturated heterocycles. The number of hydrogen-bond donors (Lipinski definition) is 1. The maximum Gasteiger partial charge on any atom is 0.121 e. The van der Waals surface area contributed by atoms with Crippen LogP contribution in [0.4, 0.5) is 0 Å². The fourth-order valence-corrected chi connectivity index (χ4v) is 0.864. The SMILES string of the molecule is CC(C)c1cncc(=S)[nH]1. The first-order chi connectivity index (χ1) is 4.70. The van der Waals surface area contributed by atoms with Crippen LogP contribution in [0.1, 0.15) is 25.5 Å². The summed E-state index contributed by atoms with van der Waals surface area (Å²) >= 11 is 4.90. The Hall–Kier alpha value is -0.700. The summed E-state index contributed by atoms with van der Waals surface area (Å²) in [5, 5.41) is 0. The standard InChI is InChI=1S/C7H10N2S/c1-5(2)6-3-8-4-7(10)9-6/h3-5H,1-2H3,(H,9,10). The normalized spacial score (nSPS) is 10.3. The third kappa shape index (κ3) is 1.64. The molecule has 54 valence electrons. The largest absolute Gasteiger partial charge is 0.347 e. The van der Waals surface area contributed by atoms with E-state index in [-0.39, 0.29) is 0 Å². The second-order valence-corrected chi connectivity index (χ2v) is 2.95. The van der Waals surface area contributed by atoms with Gasteiger partial charge in [-0.1, -0.05) is 26.1 Å². The van der Waals surface area contributed by atoms with Gasteiger partial charge in [-0.3, -0.25) is 4.98 Å². The van der Waals surface area contributed by atoms with E-state index in [2.05, 4.69) is 23.8 Å². The highest BCUT2D eigenvalue weighted by atomic mass is 32.1. The monoisotopic (exact) mass is 154 g/mol. The number of nitrogens with one attached hydrogen (secondary N) is 1. The van der Waals surface area contributed by atoms with Crippen LogP contribution in [0.5, 0.6) is 0 Å². The second-order valence-electron chi connectivity index (χ2n) is 2.51. The smallest absolute Gasteiger partial charge is 0.121 e. The van der Waals surface area contributed by atoms with Crippen molar-refractivity contribution in [2.75, 3.05) is 0 Å². The van der Waals surface area contributed by atoms with Gasteiger partial charge in [0.1, 0.15) is 4.64 Å². The topological polar surface area (TPSA) is 28.7 Å². The Kier molecular flexibility index (Phi) is 2.17. The Morgan fingerprint density at radius 3 is 2.60 bits per heavy atom. The third-order valence-corrected chi connectivity index (χ3v) is 1.50. The number of nitrogens with zero attached hydrogens (tertiary/aromatic N) is 1. The second kappa shape index (κ2) is 2.92. The number of H-pyrrole nitrogens is 1. The predicted molar refractivity (Wildman–Crippen MR) is 43.5 cm³/mol. The molecule has 0 aliphatic rings. The minimum Gasteiger partial charge on any atom is -0.347 e. The van der Waals surface area contributed by atoms with Crippen molar-refractivity contribution in [2.45, 2.75) is 19.8 Å². The van der Waals surface area contributed by atoms with Crippen LogP contribution in [0.3, 0.4) is 0 Å². The zero-order valence-corrected chi connectivity index (χ0v) is 6.90. The number of hydrogen-bond acceptors (Lipinski definition) is 2. The molecule has 0 unspecified atom stereocenters. The van der Waals surface area contributed by atoms with Crippen molar-refractivity contribution in [1.82, 2.24) is 9.97 Å². The summed E-state index contributed by atoms with van der Waals surface area (Å²) in [6.07, 6.45) is 3.45. The predicted octanol–water partition coefficient (Wildman–Crippen LogP) is 2.26. The van der Waals surface area contributed by atoms with Crippen molar-refractivity contribution in [3.8, 4) is 0 Å². The molecule has 0 spiro atoms. The van der Waals surface area contributed by atoms with Gasteiger partial charge < -0.3 is 4.98 Å². The van der Waals surface area contributed by atoms with Crippen LogP contribution in [-0.4, -0.2) is 9.97 Å². The van der Waals surface area contributed by atoms with Crippen molar-refractivity contribution >= 4 is 12.2 Å². The molecular formula is C7H10N2S. The van der Waals surface area contributed by atoms with Gasteiger partial charge in [-0.25, -0.2) is 0 Å². The van der Waals surface area contributed by atoms with Crippen LogP contribution in [0.2, 0.25) is 0 Å². The molecular weight excluding hydrogens is 144 g/mol. The van der Waals surface area contributed by atoms with Crippen molar-refractivity contribution < 1.29 is 0 Å². The fraction of sp³-hybridized carbons (Fsp3) is 0.429. The van der Waals surface area contributed by atoms with Gasteiger partial charge in [-0.15, -0.1) is 0 Å². The van der Waals surface area contributed by atoms with Crippen molar-refractivity contribution in [1.29, 1.82) is 0 Å². The summed E-state index contributed by atoms with van der Waals surface area (Å²) in [4.78, 5) is 7.03. The molecule has 1 aromatic heterocycles. The lowest BCUT2D eigenvalue weighted by molar-refractivity contribution is 0.809. The van der Waals surface area contributed by atoms with Crippen molar-refractivity contribution in [3.63, 3.8) is 0 Å². The van der Waals surface area contributed by atoms with Gasteiger partial charge in [-0.2, -0.15) is 0 Å². The summed E-state index contributed by atoms with van der Waals surface area (Å²) in [6, 6.07) is 0. The van der Waals surface area contributed by atoms with E-state index in [1.165, 1.54) is 0 Å². The fourth-order valence-electron chi connectivity index (χ4n) is 0.685. The van der Waals surface area contributed by atoms with E-state index in [9.17, 15) is 0 Å². The first kappa shape index (κ1) is 7.41. The van der Waals surface area contributed by atoms with E-state index in [1.807, 2.05) is 0 Å². The van der Waals surface area contributed by atoms with Crippen LogP contribution >= 0.6 is 12.2 Å². The van der Waals surface area contributed by atoms with E-state index in [0.717, 1.165) is 5.69 Å². The highest BCUT2D eigenvalue weighted by Crippen LogP contribution is 2.07. The Labute approximate surface area is 65.3 Å². The molecule has 0 saturated carbocycles. The lowest BCUT2D eigenvalue weighted by Crippen LogP contribution is -1.92. The third-order valence-electron chi connectivity index (χ3n) is 1.29. The van der Waals surface area contributed by atoms with Gasteiger partial charge in [0, 0.05) is 11.9 Å². The average molecular weight is 154 g/mol. The molecule has 1 heterocycles. The van der Waals surface area contributed by atoms with E-state index in [0.29, 0.717) is 10.6 Å². The van der Waals surface area contributed by atoms with Gasteiger partial charge in [0.2, 0.25) is 0 Å². The van der Waals surface area contributed by atoms with Crippen LogP contribution < -0.4 is 0 Å². The van der Waals surface area contributed by atoms with E-state index in [1.54, 1.807) is 12.4 Å². The maximum absolute atomic E-state index is 4.90. The maximum atomic E-state index is 4.90. The van der Waals surface area contributed by atoms with Gasteiger partial charge in [0.25, 0.3) is 0 Å². The molecule has 0 bridgehead atoms. The summed E-state index contributed by atoms with van der Waals surface area (Å²) in [7, 11) is 0. The van der Waals surface area contributed by atoms with E-state index >= 15 is 0 Å². The quantitative estimate of drug-likeness (QED) is 0.628. The Bertz CT molecular complexity index is 264. The lowest BCUT2D eigenvalue weighted by atomic mass is 10.1. The van der Waals surface area contributed by atoms with E-state index < -0.39 is 0 Å². The average Bonchev–Trinajstić information content (AvgIpc) is 1.88. The Morgan fingerprint density at radius 2 is 2.20 bits per heavy atom. The molecule has 0 aromatic carbocycles.